The highest BCUT2D eigenvalue weighted by Gasteiger charge is 2.35. The quantitative estimate of drug-likeness (QED) is 0.692. The molecule has 2 nitrogen and oxygen atoms in total. The van der Waals surface area contributed by atoms with Gasteiger partial charge in [0, 0.05) is 7.11 Å². The lowest BCUT2D eigenvalue weighted by atomic mass is 9.66. The smallest absolute Gasteiger partial charge is 0.154 e. The van der Waals surface area contributed by atoms with E-state index < -0.39 is 0 Å². The Hall–Kier alpha value is -0.0800. The first-order valence-corrected chi connectivity index (χ1v) is 7.26. The normalized spacial score (nSPS) is 39.7. The van der Waals surface area contributed by atoms with Crippen molar-refractivity contribution >= 4 is 0 Å². The molecule has 0 saturated heterocycles. The first-order valence-electron chi connectivity index (χ1n) is 7.26. The number of methoxy groups -OCH3 is 1. The van der Waals surface area contributed by atoms with Crippen LogP contribution in [-0.2, 0) is 9.47 Å². The minimum atomic E-state index is -0.0607. The summed E-state index contributed by atoms with van der Waals surface area (Å²) >= 11 is 0. The van der Waals surface area contributed by atoms with Gasteiger partial charge in [0.25, 0.3) is 0 Å². The molecule has 0 aliphatic heterocycles. The van der Waals surface area contributed by atoms with E-state index in [0.717, 1.165) is 18.4 Å². The third-order valence-electron chi connectivity index (χ3n) is 4.90. The molecule has 0 heterocycles. The molecule has 100 valence electrons. The first-order chi connectivity index (χ1) is 8.11. The molecular formula is C15H28O2. The summed E-state index contributed by atoms with van der Waals surface area (Å²) in [6.45, 7) is 5.26. The van der Waals surface area contributed by atoms with Crippen molar-refractivity contribution < 1.29 is 9.47 Å². The zero-order chi connectivity index (χ0) is 12.3. The van der Waals surface area contributed by atoms with Gasteiger partial charge in [-0.3, -0.25) is 0 Å². The Bertz CT molecular complexity index is 233. The van der Waals surface area contributed by atoms with Crippen molar-refractivity contribution in [2.24, 2.45) is 17.3 Å². The number of rotatable bonds is 4. The van der Waals surface area contributed by atoms with E-state index in [1.807, 2.05) is 6.92 Å². The molecule has 0 radical (unpaired) electrons. The summed E-state index contributed by atoms with van der Waals surface area (Å²) in [4.78, 5) is 0. The predicted octanol–water partition coefficient (Wildman–Crippen LogP) is 3.99. The molecule has 0 spiro atoms. The number of hydrogen-bond donors (Lipinski definition) is 0. The summed E-state index contributed by atoms with van der Waals surface area (Å²) in [5.41, 5.74) is 0.385. The van der Waals surface area contributed by atoms with Gasteiger partial charge in [-0.25, -0.2) is 0 Å². The van der Waals surface area contributed by atoms with E-state index in [1.54, 1.807) is 7.11 Å². The fourth-order valence-corrected chi connectivity index (χ4v) is 3.59. The molecule has 3 fully saturated rings. The third-order valence-corrected chi connectivity index (χ3v) is 4.90. The second-order valence-corrected chi connectivity index (χ2v) is 6.55. The van der Waals surface area contributed by atoms with Gasteiger partial charge in [-0.15, -0.1) is 0 Å². The van der Waals surface area contributed by atoms with Crippen molar-refractivity contribution in [3.8, 4) is 0 Å². The van der Waals surface area contributed by atoms with Crippen LogP contribution in [0, 0.1) is 17.3 Å². The van der Waals surface area contributed by atoms with Gasteiger partial charge >= 0.3 is 0 Å². The van der Waals surface area contributed by atoms with Crippen molar-refractivity contribution in [1.82, 2.24) is 0 Å². The van der Waals surface area contributed by atoms with E-state index >= 15 is 0 Å². The Balaban J connectivity index is 1.89. The molecule has 3 aliphatic rings. The van der Waals surface area contributed by atoms with Gasteiger partial charge < -0.3 is 9.47 Å². The van der Waals surface area contributed by atoms with Crippen LogP contribution in [-0.4, -0.2) is 20.0 Å². The molecule has 0 aromatic carbocycles. The largest absolute Gasteiger partial charge is 0.356 e. The molecule has 0 aromatic heterocycles. The number of ether oxygens (including phenoxy) is 2. The van der Waals surface area contributed by atoms with Gasteiger partial charge in [-0.1, -0.05) is 32.6 Å². The van der Waals surface area contributed by atoms with E-state index in [-0.39, 0.29) is 6.29 Å². The third kappa shape index (κ3) is 3.69. The molecule has 0 amide bonds. The van der Waals surface area contributed by atoms with Gasteiger partial charge in [0.1, 0.15) is 0 Å². The summed E-state index contributed by atoms with van der Waals surface area (Å²) in [5.74, 6) is 1.96. The lowest BCUT2D eigenvalue weighted by Crippen LogP contribution is -2.33. The summed E-state index contributed by atoms with van der Waals surface area (Å²) < 4.78 is 11.0. The first kappa shape index (κ1) is 13.4. The van der Waals surface area contributed by atoms with Crippen LogP contribution < -0.4 is 0 Å². The predicted molar refractivity (Wildman–Crippen MR) is 69.8 cm³/mol. The average molecular weight is 240 g/mol. The molecule has 3 aliphatic carbocycles. The van der Waals surface area contributed by atoms with Crippen molar-refractivity contribution in [2.75, 3.05) is 13.7 Å². The second-order valence-electron chi connectivity index (χ2n) is 6.55. The van der Waals surface area contributed by atoms with Gasteiger partial charge in [0.15, 0.2) is 6.29 Å². The number of fused-ring (bicyclic) bond motifs is 5. The molecule has 2 atom stereocenters. The Morgan fingerprint density at radius 2 is 1.76 bits per heavy atom. The van der Waals surface area contributed by atoms with Crippen molar-refractivity contribution in [3.63, 3.8) is 0 Å². The van der Waals surface area contributed by atoms with Gasteiger partial charge in [-0.2, -0.15) is 0 Å². The van der Waals surface area contributed by atoms with Crippen LogP contribution in [0.25, 0.3) is 0 Å². The zero-order valence-electron chi connectivity index (χ0n) is 11.7. The maximum Gasteiger partial charge on any atom is 0.154 e. The summed E-state index contributed by atoms with van der Waals surface area (Å²) in [7, 11) is 1.72. The van der Waals surface area contributed by atoms with Crippen LogP contribution in [0.5, 0.6) is 0 Å². The van der Waals surface area contributed by atoms with Crippen molar-refractivity contribution in [1.29, 1.82) is 0 Å². The van der Waals surface area contributed by atoms with Gasteiger partial charge in [0.05, 0.1) is 6.61 Å². The minimum Gasteiger partial charge on any atom is -0.356 e. The van der Waals surface area contributed by atoms with E-state index in [0.29, 0.717) is 5.41 Å². The van der Waals surface area contributed by atoms with Crippen LogP contribution in [0.3, 0.4) is 0 Å². The maximum absolute atomic E-state index is 5.82. The fourth-order valence-electron chi connectivity index (χ4n) is 3.59. The highest BCUT2D eigenvalue weighted by molar-refractivity contribution is 4.86. The Kier molecular flexibility index (Phi) is 4.48. The van der Waals surface area contributed by atoms with Crippen molar-refractivity contribution in [3.05, 3.63) is 0 Å². The average Bonchev–Trinajstić information content (AvgIpc) is 2.32. The monoisotopic (exact) mass is 240 g/mol. The van der Waals surface area contributed by atoms with Crippen molar-refractivity contribution in [2.45, 2.75) is 65.1 Å². The van der Waals surface area contributed by atoms with E-state index in [9.17, 15) is 0 Å². The second kappa shape index (κ2) is 5.71. The van der Waals surface area contributed by atoms with E-state index in [1.165, 1.54) is 44.9 Å². The molecule has 17 heavy (non-hydrogen) atoms. The lowest BCUT2D eigenvalue weighted by Gasteiger charge is -2.41. The lowest BCUT2D eigenvalue weighted by molar-refractivity contribution is -0.138. The van der Waals surface area contributed by atoms with Gasteiger partial charge in [-0.05, 0) is 43.4 Å². The minimum absolute atomic E-state index is 0.0607. The SMILES string of the molecule is COC(C)OCC1(C)CCC2CCC(CC2)C1. The highest BCUT2D eigenvalue weighted by atomic mass is 16.7. The van der Waals surface area contributed by atoms with Crippen LogP contribution in [0.2, 0.25) is 0 Å². The van der Waals surface area contributed by atoms with Crippen LogP contribution >= 0.6 is 0 Å². The Morgan fingerprint density at radius 1 is 1.12 bits per heavy atom. The van der Waals surface area contributed by atoms with E-state index in [4.69, 9.17) is 9.47 Å². The standard InChI is InChI=1S/C15H28O2/c1-12(16-3)17-11-15(2)9-8-13-4-6-14(10-15)7-5-13/h12-14H,4-11H2,1-3H3. The molecule has 2 unspecified atom stereocenters. The summed E-state index contributed by atoms with van der Waals surface area (Å²) in [5, 5.41) is 0. The number of hydrogen-bond acceptors (Lipinski definition) is 2. The van der Waals surface area contributed by atoms with Crippen LogP contribution in [0.4, 0.5) is 0 Å². The molecule has 0 N–H and O–H groups in total. The summed E-state index contributed by atoms with van der Waals surface area (Å²) in [6.07, 6.45) is 9.93. The molecule has 3 saturated carbocycles. The zero-order valence-corrected chi connectivity index (χ0v) is 11.7. The molecular weight excluding hydrogens is 212 g/mol. The molecule has 2 bridgehead atoms. The highest BCUT2D eigenvalue weighted by Crippen LogP contribution is 2.45. The van der Waals surface area contributed by atoms with E-state index in [2.05, 4.69) is 6.92 Å². The summed E-state index contributed by atoms with van der Waals surface area (Å²) in [6, 6.07) is 0. The Morgan fingerprint density at radius 3 is 2.41 bits per heavy atom. The molecule has 3 rings (SSSR count). The molecule has 2 heteroatoms. The van der Waals surface area contributed by atoms with Crippen LogP contribution in [0.15, 0.2) is 0 Å². The maximum atomic E-state index is 5.82. The van der Waals surface area contributed by atoms with Gasteiger partial charge in [0.2, 0.25) is 0 Å². The Labute approximate surface area is 106 Å². The van der Waals surface area contributed by atoms with Crippen LogP contribution in [0.1, 0.15) is 58.8 Å². The molecule has 0 aromatic rings. The fraction of sp³-hybridized carbons (Fsp3) is 1.00. The topological polar surface area (TPSA) is 18.5 Å².